The van der Waals surface area contributed by atoms with Gasteiger partial charge in [-0.25, -0.2) is 4.79 Å². The molecule has 1 atom stereocenters. The molecular formula is C28H25N3O3S. The Bertz CT molecular complexity index is 1500. The van der Waals surface area contributed by atoms with Crippen molar-refractivity contribution in [3.8, 4) is 11.4 Å². The van der Waals surface area contributed by atoms with Gasteiger partial charge in [-0.2, -0.15) is 4.98 Å². The molecule has 5 aromatic rings. The van der Waals surface area contributed by atoms with Crippen LogP contribution in [0, 0.1) is 6.92 Å². The van der Waals surface area contributed by atoms with Crippen LogP contribution in [0.3, 0.4) is 0 Å². The zero-order valence-electron chi connectivity index (χ0n) is 19.7. The van der Waals surface area contributed by atoms with Gasteiger partial charge in [0.25, 0.3) is 0 Å². The van der Waals surface area contributed by atoms with Crippen molar-refractivity contribution in [2.24, 2.45) is 0 Å². The molecule has 0 amide bonds. The van der Waals surface area contributed by atoms with Crippen molar-refractivity contribution in [2.75, 3.05) is 12.4 Å². The van der Waals surface area contributed by atoms with Crippen molar-refractivity contribution in [1.29, 1.82) is 0 Å². The first-order valence-electron chi connectivity index (χ1n) is 11.4. The summed E-state index contributed by atoms with van der Waals surface area (Å²) in [7, 11) is 1.39. The molecule has 0 radical (unpaired) electrons. The van der Waals surface area contributed by atoms with Gasteiger partial charge in [0.05, 0.1) is 13.0 Å². The Morgan fingerprint density at radius 3 is 2.77 bits per heavy atom. The first kappa shape index (κ1) is 22.8. The van der Waals surface area contributed by atoms with E-state index in [2.05, 4.69) is 47.7 Å². The van der Waals surface area contributed by atoms with Crippen molar-refractivity contribution in [3.63, 3.8) is 0 Å². The molecule has 3 aromatic carbocycles. The van der Waals surface area contributed by atoms with E-state index < -0.39 is 0 Å². The average molecular weight is 484 g/mol. The van der Waals surface area contributed by atoms with Crippen LogP contribution in [0.4, 0.5) is 5.69 Å². The monoisotopic (exact) mass is 483 g/mol. The molecule has 0 bridgehead atoms. The molecule has 1 unspecified atom stereocenters. The molecule has 0 aliphatic carbocycles. The summed E-state index contributed by atoms with van der Waals surface area (Å²) in [5.74, 6) is 0.790. The van der Waals surface area contributed by atoms with Gasteiger partial charge < -0.3 is 14.6 Å². The Kier molecular flexibility index (Phi) is 6.33. The Labute approximate surface area is 207 Å². The minimum Gasteiger partial charge on any atom is -0.465 e. The first-order chi connectivity index (χ1) is 17.0. The molecule has 0 spiro atoms. The van der Waals surface area contributed by atoms with E-state index in [0.29, 0.717) is 23.1 Å². The summed E-state index contributed by atoms with van der Waals surface area (Å²) >= 11 is 1.42. The lowest BCUT2D eigenvalue weighted by Crippen LogP contribution is -2.00. The fourth-order valence-corrected chi connectivity index (χ4v) is 4.97. The second-order valence-electron chi connectivity index (χ2n) is 8.39. The molecule has 5 rings (SSSR count). The maximum atomic E-state index is 11.7. The predicted octanol–water partition coefficient (Wildman–Crippen LogP) is 6.81. The Morgan fingerprint density at radius 1 is 1.09 bits per heavy atom. The number of nitrogens with one attached hydrogen (secondary N) is 1. The maximum Gasteiger partial charge on any atom is 0.348 e. The number of fused-ring (bicyclic) bond motifs is 1. The van der Waals surface area contributed by atoms with Crippen LogP contribution in [0.1, 0.15) is 44.4 Å². The van der Waals surface area contributed by atoms with Crippen LogP contribution in [0.5, 0.6) is 0 Å². The lowest BCUT2D eigenvalue weighted by Gasteiger charge is -2.11. The van der Waals surface area contributed by atoms with Crippen molar-refractivity contribution in [2.45, 2.75) is 26.3 Å². The summed E-state index contributed by atoms with van der Waals surface area (Å²) in [6, 6.07) is 24.4. The average Bonchev–Trinajstić information content (AvgIpc) is 3.57. The third-order valence-corrected chi connectivity index (χ3v) is 7.16. The second-order valence-corrected chi connectivity index (χ2v) is 9.56. The number of benzene rings is 3. The van der Waals surface area contributed by atoms with E-state index in [0.717, 1.165) is 27.3 Å². The molecule has 6 nitrogen and oxygen atoms in total. The molecule has 2 aromatic heterocycles. The van der Waals surface area contributed by atoms with Crippen LogP contribution in [0.25, 0.3) is 22.2 Å². The number of thiophene rings is 1. The van der Waals surface area contributed by atoms with Gasteiger partial charge in [0.15, 0.2) is 0 Å². The zero-order valence-corrected chi connectivity index (χ0v) is 20.6. The fourth-order valence-electron chi connectivity index (χ4n) is 4.11. The van der Waals surface area contributed by atoms with E-state index in [1.807, 2.05) is 43.3 Å². The predicted molar refractivity (Wildman–Crippen MR) is 139 cm³/mol. The summed E-state index contributed by atoms with van der Waals surface area (Å²) in [4.78, 5) is 18.1. The molecule has 0 saturated carbocycles. The summed E-state index contributed by atoms with van der Waals surface area (Å²) < 4.78 is 10.5. The van der Waals surface area contributed by atoms with Gasteiger partial charge in [0, 0.05) is 22.7 Å². The number of anilines is 1. The van der Waals surface area contributed by atoms with E-state index in [-0.39, 0.29) is 11.9 Å². The topological polar surface area (TPSA) is 77.2 Å². The molecule has 0 saturated heterocycles. The smallest absolute Gasteiger partial charge is 0.348 e. The third-order valence-electron chi connectivity index (χ3n) is 6.10. The number of hydrogen-bond donors (Lipinski definition) is 1. The third kappa shape index (κ3) is 4.68. The molecule has 0 fully saturated rings. The van der Waals surface area contributed by atoms with Crippen molar-refractivity contribution in [1.82, 2.24) is 10.1 Å². The normalized spacial score (nSPS) is 12.0. The quantitative estimate of drug-likeness (QED) is 0.256. The maximum absolute atomic E-state index is 11.7. The highest BCUT2D eigenvalue weighted by molar-refractivity contribution is 7.13. The van der Waals surface area contributed by atoms with Crippen LogP contribution < -0.4 is 5.32 Å². The molecule has 176 valence electrons. The highest BCUT2D eigenvalue weighted by Crippen LogP contribution is 2.31. The fraction of sp³-hybridized carbons (Fsp3) is 0.179. The summed E-state index contributed by atoms with van der Waals surface area (Å²) in [6.45, 7) is 4.73. The lowest BCUT2D eigenvalue weighted by atomic mass is 9.95. The van der Waals surface area contributed by atoms with E-state index in [9.17, 15) is 4.79 Å². The number of methoxy groups -OCH3 is 1. The van der Waals surface area contributed by atoms with Gasteiger partial charge >= 0.3 is 5.97 Å². The number of nitrogens with zero attached hydrogens (tertiary/aromatic N) is 2. The Morgan fingerprint density at radius 2 is 1.91 bits per heavy atom. The molecule has 2 heterocycles. The van der Waals surface area contributed by atoms with E-state index >= 15 is 0 Å². The number of aromatic nitrogens is 2. The van der Waals surface area contributed by atoms with Crippen LogP contribution >= 0.6 is 11.3 Å². The van der Waals surface area contributed by atoms with E-state index in [1.165, 1.54) is 29.2 Å². The molecule has 0 aliphatic heterocycles. The number of carbonyl (C=O) groups excluding carboxylic acids is 1. The van der Waals surface area contributed by atoms with Crippen LogP contribution in [-0.2, 0) is 11.3 Å². The molecule has 1 N–H and O–H groups in total. The highest BCUT2D eigenvalue weighted by atomic mass is 32.1. The molecular weight excluding hydrogens is 458 g/mol. The van der Waals surface area contributed by atoms with Crippen molar-refractivity contribution < 1.29 is 14.1 Å². The summed E-state index contributed by atoms with van der Waals surface area (Å²) in [5.41, 5.74) is 4.11. The number of ether oxygens (including phenoxy) is 1. The molecule has 7 heteroatoms. The van der Waals surface area contributed by atoms with Crippen LogP contribution in [0.15, 0.2) is 77.3 Å². The summed E-state index contributed by atoms with van der Waals surface area (Å²) in [6.07, 6.45) is 0. The first-order valence-corrected chi connectivity index (χ1v) is 12.2. The van der Waals surface area contributed by atoms with Gasteiger partial charge in [0.2, 0.25) is 11.7 Å². The second kappa shape index (κ2) is 9.72. The summed E-state index contributed by atoms with van der Waals surface area (Å²) in [5, 5.41) is 10.1. The number of esters is 1. The number of rotatable bonds is 7. The standard InChI is InChI=1S/C28H25N3O3S/c1-17-11-12-20(15-24(17)29-16-21-13-14-25(35-21)28(32)33-3)26-30-27(34-31-26)18(2)22-10-6-8-19-7-4-5-9-23(19)22/h4-15,18,29H,16H2,1-3H3. The SMILES string of the molecule is COC(=O)c1ccc(CNc2cc(-c3noc(C(C)c4cccc5ccccc45)n3)ccc2C)s1. The van der Waals surface area contributed by atoms with Gasteiger partial charge in [-0.1, -0.05) is 59.8 Å². The molecule has 35 heavy (non-hydrogen) atoms. The number of hydrogen-bond acceptors (Lipinski definition) is 7. The largest absolute Gasteiger partial charge is 0.465 e. The van der Waals surface area contributed by atoms with Gasteiger partial charge in [0.1, 0.15) is 4.88 Å². The minimum absolute atomic E-state index is 0.0340. The van der Waals surface area contributed by atoms with Gasteiger partial charge in [-0.05, 0) is 53.9 Å². The lowest BCUT2D eigenvalue weighted by molar-refractivity contribution is 0.0606. The van der Waals surface area contributed by atoms with Gasteiger partial charge in [-0.15, -0.1) is 11.3 Å². The van der Waals surface area contributed by atoms with E-state index in [4.69, 9.17) is 14.2 Å². The van der Waals surface area contributed by atoms with Crippen molar-refractivity contribution >= 4 is 33.8 Å². The number of carbonyl (C=O) groups is 1. The minimum atomic E-state index is -0.315. The molecule has 0 aliphatic rings. The van der Waals surface area contributed by atoms with Crippen LogP contribution in [0.2, 0.25) is 0 Å². The van der Waals surface area contributed by atoms with E-state index in [1.54, 1.807) is 6.07 Å². The Hall–Kier alpha value is -3.97. The van der Waals surface area contributed by atoms with Crippen molar-refractivity contribution in [3.05, 3.63) is 99.6 Å². The zero-order chi connectivity index (χ0) is 24.4. The van der Waals surface area contributed by atoms with Gasteiger partial charge in [-0.3, -0.25) is 0 Å². The Balaban J connectivity index is 1.36. The highest BCUT2D eigenvalue weighted by Gasteiger charge is 2.19. The number of aryl methyl sites for hydroxylation is 1. The van der Waals surface area contributed by atoms with Crippen LogP contribution in [-0.4, -0.2) is 23.2 Å².